The minimum absolute atomic E-state index is 0.0538. The molecular formula is C19H23ClN4O. The lowest BCUT2D eigenvalue weighted by atomic mass is 9.82. The molecule has 0 saturated carbocycles. The van der Waals surface area contributed by atoms with Gasteiger partial charge in [0.05, 0.1) is 5.02 Å². The number of rotatable bonds is 3. The second-order valence-corrected chi connectivity index (χ2v) is 8.19. The summed E-state index contributed by atoms with van der Waals surface area (Å²) in [6.45, 7) is 8.59. The molecule has 4 heterocycles. The Hall–Kier alpha value is -1.72. The van der Waals surface area contributed by atoms with Gasteiger partial charge in [0.2, 0.25) is 0 Å². The fraction of sp³-hybridized carbons (Fsp3) is 0.526. The van der Waals surface area contributed by atoms with Gasteiger partial charge in [0.15, 0.2) is 5.82 Å². The van der Waals surface area contributed by atoms with Crippen molar-refractivity contribution in [3.05, 3.63) is 45.6 Å². The maximum Gasteiger partial charge on any atom is 0.251 e. The summed E-state index contributed by atoms with van der Waals surface area (Å²) in [5.74, 6) is 2.20. The van der Waals surface area contributed by atoms with E-state index in [0.29, 0.717) is 28.6 Å². The van der Waals surface area contributed by atoms with E-state index in [1.54, 1.807) is 18.5 Å². The molecule has 0 aliphatic carbocycles. The quantitative estimate of drug-likeness (QED) is 0.846. The van der Waals surface area contributed by atoms with Gasteiger partial charge in [-0.1, -0.05) is 25.4 Å². The van der Waals surface area contributed by atoms with Crippen molar-refractivity contribution >= 4 is 11.6 Å². The highest BCUT2D eigenvalue weighted by molar-refractivity contribution is 6.30. The summed E-state index contributed by atoms with van der Waals surface area (Å²) in [6.07, 6.45) is 4.31. The molecule has 25 heavy (non-hydrogen) atoms. The highest BCUT2D eigenvalue weighted by atomic mass is 35.5. The molecule has 1 fully saturated rings. The van der Waals surface area contributed by atoms with E-state index in [1.807, 2.05) is 4.57 Å². The van der Waals surface area contributed by atoms with Gasteiger partial charge in [-0.25, -0.2) is 9.97 Å². The van der Waals surface area contributed by atoms with E-state index in [0.717, 1.165) is 37.4 Å². The molecule has 0 aromatic carbocycles. The molecule has 132 valence electrons. The fourth-order valence-electron chi connectivity index (χ4n) is 4.31. The Morgan fingerprint density at radius 1 is 1.20 bits per heavy atom. The van der Waals surface area contributed by atoms with Crippen molar-refractivity contribution in [3.8, 4) is 11.4 Å². The number of nitrogens with zero attached hydrogens (tertiary/aromatic N) is 4. The molecule has 2 aliphatic heterocycles. The third kappa shape index (κ3) is 3.35. The smallest absolute Gasteiger partial charge is 0.251 e. The Morgan fingerprint density at radius 3 is 2.68 bits per heavy atom. The summed E-state index contributed by atoms with van der Waals surface area (Å²) < 4.78 is 1.96. The Balaban J connectivity index is 1.70. The van der Waals surface area contributed by atoms with E-state index in [-0.39, 0.29) is 5.56 Å². The van der Waals surface area contributed by atoms with Crippen molar-refractivity contribution in [2.75, 3.05) is 19.6 Å². The van der Waals surface area contributed by atoms with Gasteiger partial charge in [0, 0.05) is 61.8 Å². The van der Waals surface area contributed by atoms with Crippen LogP contribution < -0.4 is 5.56 Å². The Morgan fingerprint density at radius 2 is 1.96 bits per heavy atom. The molecule has 2 aromatic rings. The van der Waals surface area contributed by atoms with E-state index in [4.69, 9.17) is 11.6 Å². The molecule has 0 unspecified atom stereocenters. The Bertz CT molecular complexity index is 830. The van der Waals surface area contributed by atoms with Crippen LogP contribution in [0.2, 0.25) is 5.02 Å². The van der Waals surface area contributed by atoms with Gasteiger partial charge in [-0.05, 0) is 24.3 Å². The highest BCUT2D eigenvalue weighted by Gasteiger charge is 2.35. The highest BCUT2D eigenvalue weighted by Crippen LogP contribution is 2.36. The molecule has 1 saturated heterocycles. The third-order valence-corrected chi connectivity index (χ3v) is 5.33. The summed E-state index contributed by atoms with van der Waals surface area (Å²) in [4.78, 5) is 23.8. The third-order valence-electron chi connectivity index (χ3n) is 5.13. The molecule has 4 rings (SSSR count). The van der Waals surface area contributed by atoms with Crippen LogP contribution in [-0.4, -0.2) is 39.1 Å². The number of aromatic nitrogens is 3. The topological polar surface area (TPSA) is 51.0 Å². The number of hydrogen-bond donors (Lipinski definition) is 0. The summed E-state index contributed by atoms with van der Waals surface area (Å²) in [5.41, 5.74) is 1.97. The summed E-state index contributed by atoms with van der Waals surface area (Å²) in [6, 6.07) is 3.75. The SMILES string of the molecule is CC(C)CN1C[C@@H]2C[C@H](C1)c1cc(-c3ncc(Cl)cn3)cc(=O)n1C2. The Kier molecular flexibility index (Phi) is 4.38. The maximum absolute atomic E-state index is 12.7. The van der Waals surface area contributed by atoms with Crippen LogP contribution in [0.4, 0.5) is 0 Å². The van der Waals surface area contributed by atoms with Crippen LogP contribution in [0.5, 0.6) is 0 Å². The van der Waals surface area contributed by atoms with Crippen LogP contribution >= 0.6 is 11.6 Å². The lowest BCUT2D eigenvalue weighted by Gasteiger charge is -2.43. The molecule has 0 N–H and O–H groups in total. The predicted octanol–water partition coefficient (Wildman–Crippen LogP) is 3.03. The fourth-order valence-corrected chi connectivity index (χ4v) is 4.41. The van der Waals surface area contributed by atoms with Gasteiger partial charge >= 0.3 is 0 Å². The van der Waals surface area contributed by atoms with Crippen molar-refractivity contribution in [1.29, 1.82) is 0 Å². The minimum atomic E-state index is 0.0538. The van der Waals surface area contributed by atoms with Crippen LogP contribution in [-0.2, 0) is 6.54 Å². The number of likely N-dealkylation sites (tertiary alicyclic amines) is 1. The largest absolute Gasteiger partial charge is 0.312 e. The molecule has 0 amide bonds. The predicted molar refractivity (Wildman–Crippen MR) is 98.9 cm³/mol. The average molecular weight is 359 g/mol. The van der Waals surface area contributed by atoms with Gasteiger partial charge in [0.1, 0.15) is 0 Å². The zero-order valence-corrected chi connectivity index (χ0v) is 15.4. The van der Waals surface area contributed by atoms with Crippen LogP contribution in [0.3, 0.4) is 0 Å². The van der Waals surface area contributed by atoms with Crippen LogP contribution in [0, 0.1) is 11.8 Å². The number of hydrogen-bond acceptors (Lipinski definition) is 4. The van der Waals surface area contributed by atoms with Crippen molar-refractivity contribution in [1.82, 2.24) is 19.4 Å². The Labute approximate surface area is 152 Å². The zero-order valence-electron chi connectivity index (χ0n) is 14.7. The normalized spacial score (nSPS) is 22.9. The van der Waals surface area contributed by atoms with E-state index < -0.39 is 0 Å². The van der Waals surface area contributed by atoms with Gasteiger partial charge in [-0.2, -0.15) is 0 Å². The summed E-state index contributed by atoms with van der Waals surface area (Å²) in [7, 11) is 0. The first kappa shape index (κ1) is 16.7. The number of fused-ring (bicyclic) bond motifs is 4. The van der Waals surface area contributed by atoms with Crippen LogP contribution in [0.25, 0.3) is 11.4 Å². The first-order chi connectivity index (χ1) is 12.0. The van der Waals surface area contributed by atoms with E-state index in [9.17, 15) is 4.79 Å². The van der Waals surface area contributed by atoms with Crippen molar-refractivity contribution in [2.45, 2.75) is 32.7 Å². The van der Waals surface area contributed by atoms with Crippen LogP contribution in [0.15, 0.2) is 29.3 Å². The second-order valence-electron chi connectivity index (χ2n) is 7.75. The molecule has 0 spiro atoms. The van der Waals surface area contributed by atoms with Crippen molar-refractivity contribution in [3.63, 3.8) is 0 Å². The van der Waals surface area contributed by atoms with Crippen molar-refractivity contribution < 1.29 is 0 Å². The molecule has 2 aliphatic rings. The molecule has 2 bridgehead atoms. The molecule has 2 atom stereocenters. The number of pyridine rings is 1. The van der Waals surface area contributed by atoms with Crippen molar-refractivity contribution in [2.24, 2.45) is 11.8 Å². The lowest BCUT2D eigenvalue weighted by Crippen LogP contribution is -2.48. The monoisotopic (exact) mass is 358 g/mol. The molecule has 5 nitrogen and oxygen atoms in total. The van der Waals surface area contributed by atoms with E-state index in [2.05, 4.69) is 34.8 Å². The first-order valence-corrected chi connectivity index (χ1v) is 9.32. The average Bonchev–Trinajstić information content (AvgIpc) is 2.55. The maximum atomic E-state index is 12.7. The molecule has 2 aromatic heterocycles. The van der Waals surface area contributed by atoms with Gasteiger partial charge < -0.3 is 9.47 Å². The van der Waals surface area contributed by atoms with E-state index in [1.165, 1.54) is 6.42 Å². The minimum Gasteiger partial charge on any atom is -0.312 e. The number of halogens is 1. The molecular weight excluding hydrogens is 336 g/mol. The second kappa shape index (κ2) is 6.54. The van der Waals surface area contributed by atoms with Crippen LogP contribution in [0.1, 0.15) is 31.9 Å². The van der Waals surface area contributed by atoms with Gasteiger partial charge in [-0.15, -0.1) is 0 Å². The standard InChI is InChI=1S/C19H23ClN4O/c1-12(2)8-23-9-13-3-15(11-23)17-4-14(5-18(25)24(17)10-13)19-21-6-16(20)7-22-19/h4-7,12-13,15H,3,8-11H2,1-2H3/t13-,15+/m0/s1. The van der Waals surface area contributed by atoms with E-state index >= 15 is 0 Å². The zero-order chi connectivity index (χ0) is 17.6. The summed E-state index contributed by atoms with van der Waals surface area (Å²) >= 11 is 5.88. The molecule has 6 heteroatoms. The first-order valence-electron chi connectivity index (χ1n) is 8.94. The lowest BCUT2D eigenvalue weighted by molar-refractivity contribution is 0.109. The number of piperidine rings is 1. The van der Waals surface area contributed by atoms with Gasteiger partial charge in [-0.3, -0.25) is 4.79 Å². The summed E-state index contributed by atoms with van der Waals surface area (Å²) in [5, 5.41) is 0.498. The van der Waals surface area contributed by atoms with Gasteiger partial charge in [0.25, 0.3) is 5.56 Å². The molecule has 0 radical (unpaired) electrons.